The number of urea groups is 1. The highest BCUT2D eigenvalue weighted by Gasteiger charge is 2.30. The molecule has 0 fully saturated rings. The first-order valence-corrected chi connectivity index (χ1v) is 7.23. The van der Waals surface area contributed by atoms with Crippen molar-refractivity contribution in [3.8, 4) is 0 Å². The third-order valence-electron chi connectivity index (χ3n) is 3.70. The number of hydrogen-bond donors (Lipinski definition) is 2. The monoisotopic (exact) mass is 324 g/mol. The molecular formula is C15H15F3N4O. The molecule has 1 aromatic carbocycles. The molecule has 5 nitrogen and oxygen atoms in total. The van der Waals surface area contributed by atoms with E-state index in [2.05, 4.69) is 15.7 Å². The quantitative estimate of drug-likeness (QED) is 0.880. The van der Waals surface area contributed by atoms with Gasteiger partial charge in [0.05, 0.1) is 23.1 Å². The van der Waals surface area contributed by atoms with Crippen molar-refractivity contribution in [3.63, 3.8) is 0 Å². The van der Waals surface area contributed by atoms with Crippen LogP contribution < -0.4 is 10.6 Å². The predicted molar refractivity (Wildman–Crippen MR) is 79.3 cm³/mol. The van der Waals surface area contributed by atoms with Crippen molar-refractivity contribution in [1.82, 2.24) is 9.78 Å². The first kappa shape index (κ1) is 15.4. The number of aryl methyl sites for hydroxylation is 1. The number of halogens is 3. The smallest absolute Gasteiger partial charge is 0.308 e. The summed E-state index contributed by atoms with van der Waals surface area (Å²) in [5.74, 6) is 0. The van der Waals surface area contributed by atoms with E-state index in [1.165, 1.54) is 12.1 Å². The van der Waals surface area contributed by atoms with E-state index in [-0.39, 0.29) is 5.69 Å². The zero-order valence-electron chi connectivity index (χ0n) is 12.2. The lowest BCUT2D eigenvalue weighted by Crippen LogP contribution is -2.21. The van der Waals surface area contributed by atoms with E-state index in [0.29, 0.717) is 5.69 Å². The molecule has 0 spiro atoms. The molecule has 2 aromatic rings. The molecule has 1 aliphatic rings. The second-order valence-corrected chi connectivity index (χ2v) is 5.34. The number of fused-ring (bicyclic) bond motifs is 1. The van der Waals surface area contributed by atoms with E-state index in [1.807, 2.05) is 4.68 Å². The number of aromatic nitrogens is 2. The van der Waals surface area contributed by atoms with Crippen LogP contribution in [0.1, 0.15) is 24.1 Å². The van der Waals surface area contributed by atoms with E-state index in [1.54, 1.807) is 6.20 Å². The average Bonchev–Trinajstić information content (AvgIpc) is 2.90. The molecule has 2 heterocycles. The van der Waals surface area contributed by atoms with Crippen LogP contribution in [0.15, 0.2) is 30.5 Å². The van der Waals surface area contributed by atoms with Gasteiger partial charge < -0.3 is 10.6 Å². The largest absolute Gasteiger partial charge is 0.416 e. The predicted octanol–water partition coefficient (Wildman–Crippen LogP) is 3.88. The highest BCUT2D eigenvalue weighted by Crippen LogP contribution is 2.30. The lowest BCUT2D eigenvalue weighted by atomic mass is 10.1. The lowest BCUT2D eigenvalue weighted by Gasteiger charge is -2.15. The topological polar surface area (TPSA) is 59.0 Å². The minimum atomic E-state index is -4.39. The maximum Gasteiger partial charge on any atom is 0.416 e. The normalized spacial score (nSPS) is 14.2. The molecular weight excluding hydrogens is 309 g/mol. The van der Waals surface area contributed by atoms with E-state index in [4.69, 9.17) is 0 Å². The van der Waals surface area contributed by atoms with Gasteiger partial charge in [-0.25, -0.2) is 4.79 Å². The fraction of sp³-hybridized carbons (Fsp3) is 0.333. The summed E-state index contributed by atoms with van der Waals surface area (Å²) in [5, 5.41) is 9.40. The number of carbonyl (C=O) groups is 1. The minimum absolute atomic E-state index is 0.288. The van der Waals surface area contributed by atoms with Crippen molar-refractivity contribution < 1.29 is 18.0 Å². The zero-order chi connectivity index (χ0) is 16.4. The summed E-state index contributed by atoms with van der Waals surface area (Å²) in [4.78, 5) is 12.0. The third-order valence-corrected chi connectivity index (χ3v) is 3.70. The van der Waals surface area contributed by atoms with Gasteiger partial charge >= 0.3 is 12.2 Å². The number of nitrogens with one attached hydrogen (secondary N) is 2. The molecule has 1 aromatic heterocycles. The second kappa shape index (κ2) is 5.94. The summed E-state index contributed by atoms with van der Waals surface area (Å²) in [6.07, 6.45) is 0.147. The number of rotatable bonds is 2. The Balaban J connectivity index is 1.64. The summed E-state index contributed by atoms with van der Waals surface area (Å²) >= 11 is 0. The van der Waals surface area contributed by atoms with Gasteiger partial charge in [0.15, 0.2) is 0 Å². The lowest BCUT2D eigenvalue weighted by molar-refractivity contribution is -0.137. The Labute approximate surface area is 130 Å². The van der Waals surface area contributed by atoms with E-state index < -0.39 is 17.8 Å². The number of carbonyl (C=O) groups excluding carboxylic acids is 1. The van der Waals surface area contributed by atoms with Gasteiger partial charge in [0.25, 0.3) is 0 Å². The van der Waals surface area contributed by atoms with Crippen molar-refractivity contribution in [3.05, 3.63) is 41.7 Å². The van der Waals surface area contributed by atoms with Crippen LogP contribution in [0.4, 0.5) is 29.3 Å². The molecule has 2 amide bonds. The number of alkyl halides is 3. The van der Waals surface area contributed by atoms with Gasteiger partial charge in [-0.05, 0) is 43.5 Å². The molecule has 0 radical (unpaired) electrons. The molecule has 2 N–H and O–H groups in total. The van der Waals surface area contributed by atoms with Gasteiger partial charge in [-0.1, -0.05) is 0 Å². The van der Waals surface area contributed by atoms with Gasteiger partial charge in [0, 0.05) is 12.2 Å². The van der Waals surface area contributed by atoms with Crippen LogP contribution in [0.5, 0.6) is 0 Å². The Kier molecular flexibility index (Phi) is 3.97. The van der Waals surface area contributed by atoms with E-state index >= 15 is 0 Å². The van der Waals surface area contributed by atoms with E-state index in [9.17, 15) is 18.0 Å². The Hall–Kier alpha value is -2.51. The van der Waals surface area contributed by atoms with Gasteiger partial charge in [0.2, 0.25) is 0 Å². The second-order valence-electron chi connectivity index (χ2n) is 5.34. The van der Waals surface area contributed by atoms with Gasteiger partial charge in [-0.3, -0.25) is 4.68 Å². The number of amides is 2. The van der Waals surface area contributed by atoms with Crippen LogP contribution in [0.25, 0.3) is 0 Å². The fourth-order valence-electron chi connectivity index (χ4n) is 2.55. The summed E-state index contributed by atoms with van der Waals surface area (Å²) < 4.78 is 39.3. The summed E-state index contributed by atoms with van der Waals surface area (Å²) in [7, 11) is 0. The van der Waals surface area contributed by atoms with Crippen molar-refractivity contribution >= 4 is 17.4 Å². The third kappa shape index (κ3) is 3.46. The van der Waals surface area contributed by atoms with Crippen molar-refractivity contribution in [2.45, 2.75) is 32.0 Å². The summed E-state index contributed by atoms with van der Waals surface area (Å²) in [6, 6.07) is 3.78. The molecule has 3 rings (SSSR count). The Morgan fingerprint density at radius 1 is 1.13 bits per heavy atom. The van der Waals surface area contributed by atoms with Crippen LogP contribution in [-0.4, -0.2) is 15.8 Å². The number of hydrogen-bond acceptors (Lipinski definition) is 2. The maximum absolute atomic E-state index is 12.5. The molecule has 0 saturated carbocycles. The van der Waals surface area contributed by atoms with Crippen molar-refractivity contribution in [2.24, 2.45) is 0 Å². The molecule has 0 bridgehead atoms. The summed E-state index contributed by atoms with van der Waals surface area (Å²) in [6.45, 7) is 0.831. The Morgan fingerprint density at radius 3 is 2.57 bits per heavy atom. The standard InChI is InChI=1S/C15H15F3N4O/c16-15(17,18)10-4-6-11(7-5-10)20-14(23)21-12-9-19-22-8-2-1-3-13(12)22/h4-7,9H,1-3,8H2,(H2,20,21,23). The Bertz CT molecular complexity index is 707. The van der Waals surface area contributed by atoms with Crippen LogP contribution in [0, 0.1) is 0 Å². The number of benzene rings is 1. The molecule has 0 aliphatic carbocycles. The first-order chi connectivity index (χ1) is 10.9. The average molecular weight is 324 g/mol. The van der Waals surface area contributed by atoms with Gasteiger partial charge in [-0.2, -0.15) is 18.3 Å². The van der Waals surface area contributed by atoms with Crippen LogP contribution >= 0.6 is 0 Å². The fourth-order valence-corrected chi connectivity index (χ4v) is 2.55. The highest BCUT2D eigenvalue weighted by atomic mass is 19.4. The Morgan fingerprint density at radius 2 is 1.87 bits per heavy atom. The summed E-state index contributed by atoms with van der Waals surface area (Å²) in [5.41, 5.74) is 1.14. The highest BCUT2D eigenvalue weighted by molar-refractivity contribution is 6.00. The van der Waals surface area contributed by atoms with Crippen molar-refractivity contribution in [2.75, 3.05) is 10.6 Å². The van der Waals surface area contributed by atoms with Crippen LogP contribution in [0.3, 0.4) is 0 Å². The molecule has 1 aliphatic heterocycles. The van der Waals surface area contributed by atoms with Gasteiger partial charge in [-0.15, -0.1) is 0 Å². The molecule has 8 heteroatoms. The first-order valence-electron chi connectivity index (χ1n) is 7.23. The molecule has 0 saturated heterocycles. The van der Waals surface area contributed by atoms with Crippen molar-refractivity contribution in [1.29, 1.82) is 0 Å². The molecule has 23 heavy (non-hydrogen) atoms. The molecule has 0 atom stereocenters. The minimum Gasteiger partial charge on any atom is -0.308 e. The molecule has 122 valence electrons. The van der Waals surface area contributed by atoms with Crippen LogP contribution in [0.2, 0.25) is 0 Å². The number of nitrogens with zero attached hydrogens (tertiary/aromatic N) is 2. The van der Waals surface area contributed by atoms with Gasteiger partial charge in [0.1, 0.15) is 0 Å². The zero-order valence-corrected chi connectivity index (χ0v) is 12.2. The number of anilines is 2. The molecule has 0 unspecified atom stereocenters. The SMILES string of the molecule is O=C(Nc1ccc(C(F)(F)F)cc1)Nc1cnn2c1CCCC2. The maximum atomic E-state index is 12.5. The van der Waals surface area contributed by atoms with Crippen LogP contribution in [-0.2, 0) is 19.1 Å². The van der Waals surface area contributed by atoms with E-state index in [0.717, 1.165) is 43.6 Å².